The SMILES string of the molecule is COC(=O)c1ccc(C=CCNC(=O)OC(C)(C)C)nc1. The minimum atomic E-state index is -0.515. The van der Waals surface area contributed by atoms with Crippen molar-refractivity contribution >= 4 is 18.1 Å². The number of aromatic nitrogens is 1. The van der Waals surface area contributed by atoms with E-state index in [2.05, 4.69) is 15.0 Å². The lowest BCUT2D eigenvalue weighted by Crippen LogP contribution is -2.32. The molecule has 0 aromatic carbocycles. The normalized spacial score (nSPS) is 11.2. The van der Waals surface area contributed by atoms with Gasteiger partial charge in [0.1, 0.15) is 5.60 Å². The van der Waals surface area contributed by atoms with Crippen molar-refractivity contribution in [3.8, 4) is 0 Å². The fraction of sp³-hybridized carbons (Fsp3) is 0.400. The molecule has 1 rings (SSSR count). The van der Waals surface area contributed by atoms with Crippen molar-refractivity contribution in [1.29, 1.82) is 0 Å². The molecule has 1 aromatic heterocycles. The number of hydrogen-bond donors (Lipinski definition) is 1. The number of rotatable bonds is 4. The number of esters is 1. The second-order valence-electron chi connectivity index (χ2n) is 5.25. The van der Waals surface area contributed by atoms with Crippen LogP contribution >= 0.6 is 0 Å². The van der Waals surface area contributed by atoms with Crippen LogP contribution in [0.3, 0.4) is 0 Å². The van der Waals surface area contributed by atoms with Crippen molar-refractivity contribution < 1.29 is 19.1 Å². The quantitative estimate of drug-likeness (QED) is 0.862. The zero-order chi connectivity index (χ0) is 15.9. The number of carbonyl (C=O) groups excluding carboxylic acids is 2. The molecule has 0 saturated heterocycles. The molecular weight excluding hydrogens is 272 g/mol. The van der Waals surface area contributed by atoms with Gasteiger partial charge < -0.3 is 14.8 Å². The number of alkyl carbamates (subject to hydrolysis) is 1. The van der Waals surface area contributed by atoms with Gasteiger partial charge in [0.05, 0.1) is 18.4 Å². The Hall–Kier alpha value is -2.37. The lowest BCUT2D eigenvalue weighted by atomic mass is 10.2. The molecule has 1 aromatic rings. The average molecular weight is 292 g/mol. The van der Waals surface area contributed by atoms with E-state index in [0.29, 0.717) is 17.8 Å². The molecule has 0 saturated carbocycles. The maximum absolute atomic E-state index is 11.4. The van der Waals surface area contributed by atoms with Gasteiger partial charge in [-0.25, -0.2) is 9.59 Å². The highest BCUT2D eigenvalue weighted by Gasteiger charge is 2.14. The van der Waals surface area contributed by atoms with Crippen molar-refractivity contribution in [2.75, 3.05) is 13.7 Å². The highest BCUT2D eigenvalue weighted by molar-refractivity contribution is 5.88. The van der Waals surface area contributed by atoms with Crippen LogP contribution < -0.4 is 5.32 Å². The summed E-state index contributed by atoms with van der Waals surface area (Å²) in [6, 6.07) is 3.32. The molecule has 6 heteroatoms. The Morgan fingerprint density at radius 2 is 2.05 bits per heavy atom. The molecule has 0 aliphatic carbocycles. The van der Waals surface area contributed by atoms with Gasteiger partial charge in [0.2, 0.25) is 0 Å². The Kier molecular flexibility index (Phi) is 5.90. The van der Waals surface area contributed by atoms with Crippen molar-refractivity contribution in [2.24, 2.45) is 0 Å². The maximum atomic E-state index is 11.4. The van der Waals surface area contributed by atoms with Crippen LogP contribution in [0.15, 0.2) is 24.4 Å². The Labute approximate surface area is 124 Å². The molecule has 114 valence electrons. The molecule has 0 spiro atoms. The van der Waals surface area contributed by atoms with E-state index in [4.69, 9.17) is 4.74 Å². The Morgan fingerprint density at radius 1 is 1.33 bits per heavy atom. The van der Waals surface area contributed by atoms with Crippen LogP contribution in [0.4, 0.5) is 4.79 Å². The molecule has 0 fully saturated rings. The molecule has 0 aliphatic rings. The van der Waals surface area contributed by atoms with Gasteiger partial charge in [-0.05, 0) is 39.0 Å². The summed E-state index contributed by atoms with van der Waals surface area (Å²) in [6.45, 7) is 5.73. The summed E-state index contributed by atoms with van der Waals surface area (Å²) in [5, 5.41) is 2.60. The lowest BCUT2D eigenvalue weighted by Gasteiger charge is -2.19. The summed E-state index contributed by atoms with van der Waals surface area (Å²) in [6.07, 6.45) is 4.44. The largest absolute Gasteiger partial charge is 0.465 e. The smallest absolute Gasteiger partial charge is 0.407 e. The van der Waals surface area contributed by atoms with Gasteiger partial charge in [0.25, 0.3) is 0 Å². The molecule has 0 radical (unpaired) electrons. The van der Waals surface area contributed by atoms with E-state index in [1.807, 2.05) is 0 Å². The van der Waals surface area contributed by atoms with Crippen molar-refractivity contribution in [3.05, 3.63) is 35.7 Å². The van der Waals surface area contributed by atoms with Crippen LogP contribution in [0.25, 0.3) is 6.08 Å². The molecule has 0 unspecified atom stereocenters. The predicted octanol–water partition coefficient (Wildman–Crippen LogP) is 2.41. The standard InChI is InChI=1S/C15H20N2O4/c1-15(2,3)21-14(19)16-9-5-6-12-8-7-11(10-17-12)13(18)20-4/h5-8,10H,9H2,1-4H3,(H,16,19). The number of pyridine rings is 1. The topological polar surface area (TPSA) is 77.5 Å². The van der Waals surface area contributed by atoms with Gasteiger partial charge in [-0.15, -0.1) is 0 Å². The first-order chi connectivity index (χ1) is 9.81. The van der Waals surface area contributed by atoms with Crippen molar-refractivity contribution in [1.82, 2.24) is 10.3 Å². The van der Waals surface area contributed by atoms with Crippen LogP contribution in [0, 0.1) is 0 Å². The van der Waals surface area contributed by atoms with E-state index in [1.54, 1.807) is 45.1 Å². The van der Waals surface area contributed by atoms with E-state index >= 15 is 0 Å². The summed E-state index contributed by atoms with van der Waals surface area (Å²) in [4.78, 5) is 26.7. The first kappa shape index (κ1) is 16.7. The third-order valence-corrected chi connectivity index (χ3v) is 2.26. The van der Waals surface area contributed by atoms with Gasteiger partial charge in [-0.2, -0.15) is 0 Å². The van der Waals surface area contributed by atoms with E-state index in [0.717, 1.165) is 0 Å². The number of ether oxygens (including phenoxy) is 2. The van der Waals surface area contributed by atoms with Gasteiger partial charge in [-0.3, -0.25) is 4.98 Å². The molecule has 21 heavy (non-hydrogen) atoms. The number of amides is 1. The van der Waals surface area contributed by atoms with Gasteiger partial charge in [0.15, 0.2) is 0 Å². The van der Waals surface area contributed by atoms with Crippen LogP contribution in [0.2, 0.25) is 0 Å². The molecular formula is C15H20N2O4. The summed E-state index contributed by atoms with van der Waals surface area (Å²) in [5.41, 5.74) is 0.550. The first-order valence-corrected chi connectivity index (χ1v) is 6.49. The molecule has 1 amide bonds. The molecule has 6 nitrogen and oxygen atoms in total. The van der Waals surface area contributed by atoms with Crippen LogP contribution in [0.1, 0.15) is 36.8 Å². The Bertz CT molecular complexity index is 515. The molecule has 1 N–H and O–H groups in total. The third kappa shape index (κ3) is 6.56. The van der Waals surface area contributed by atoms with Crippen LogP contribution in [-0.2, 0) is 9.47 Å². The second kappa shape index (κ2) is 7.42. The number of carbonyl (C=O) groups is 2. The number of hydrogen-bond acceptors (Lipinski definition) is 5. The number of nitrogens with zero attached hydrogens (tertiary/aromatic N) is 1. The number of nitrogens with one attached hydrogen (secondary N) is 1. The van der Waals surface area contributed by atoms with Gasteiger partial charge >= 0.3 is 12.1 Å². The fourth-order valence-corrected chi connectivity index (χ4v) is 1.38. The second-order valence-corrected chi connectivity index (χ2v) is 5.25. The summed E-state index contributed by atoms with van der Waals surface area (Å²) in [5.74, 6) is -0.426. The monoisotopic (exact) mass is 292 g/mol. The van der Waals surface area contributed by atoms with E-state index in [9.17, 15) is 9.59 Å². The maximum Gasteiger partial charge on any atom is 0.407 e. The van der Waals surface area contributed by atoms with E-state index < -0.39 is 17.7 Å². The van der Waals surface area contributed by atoms with E-state index in [-0.39, 0.29) is 0 Å². The fourth-order valence-electron chi connectivity index (χ4n) is 1.38. The van der Waals surface area contributed by atoms with Gasteiger partial charge in [-0.1, -0.05) is 6.08 Å². The molecule has 1 heterocycles. The molecule has 0 bridgehead atoms. The summed E-state index contributed by atoms with van der Waals surface area (Å²) in [7, 11) is 1.32. The van der Waals surface area contributed by atoms with E-state index in [1.165, 1.54) is 13.3 Å². The highest BCUT2D eigenvalue weighted by Crippen LogP contribution is 2.06. The zero-order valence-corrected chi connectivity index (χ0v) is 12.7. The van der Waals surface area contributed by atoms with Crippen molar-refractivity contribution in [2.45, 2.75) is 26.4 Å². The molecule has 0 aliphatic heterocycles. The third-order valence-electron chi connectivity index (χ3n) is 2.26. The van der Waals surface area contributed by atoms with Gasteiger partial charge in [0, 0.05) is 12.7 Å². The Balaban J connectivity index is 2.44. The number of methoxy groups -OCH3 is 1. The Morgan fingerprint density at radius 3 is 2.57 bits per heavy atom. The minimum Gasteiger partial charge on any atom is -0.465 e. The summed E-state index contributed by atoms with van der Waals surface area (Å²) < 4.78 is 9.68. The molecule has 0 atom stereocenters. The van der Waals surface area contributed by atoms with Crippen LogP contribution in [-0.4, -0.2) is 36.3 Å². The highest BCUT2D eigenvalue weighted by atomic mass is 16.6. The average Bonchev–Trinajstić information content (AvgIpc) is 2.41. The predicted molar refractivity (Wildman–Crippen MR) is 78.8 cm³/mol. The first-order valence-electron chi connectivity index (χ1n) is 6.49. The summed E-state index contributed by atoms with van der Waals surface area (Å²) >= 11 is 0. The zero-order valence-electron chi connectivity index (χ0n) is 12.7. The minimum absolute atomic E-state index is 0.329. The van der Waals surface area contributed by atoms with Crippen molar-refractivity contribution in [3.63, 3.8) is 0 Å². The van der Waals surface area contributed by atoms with Crippen LogP contribution in [0.5, 0.6) is 0 Å². The lowest BCUT2D eigenvalue weighted by molar-refractivity contribution is 0.0532.